The van der Waals surface area contributed by atoms with Crippen LogP contribution in [0.1, 0.15) is 0 Å². The average molecular weight is 378 g/mol. The molecular weight excluding hydrogens is 360 g/mol. The van der Waals surface area contributed by atoms with E-state index in [9.17, 15) is 0 Å². The molecule has 0 bridgehead atoms. The Hall–Kier alpha value is -3.99. The first kappa shape index (κ1) is 17.1. The van der Waals surface area contributed by atoms with E-state index >= 15 is 0 Å². The normalized spacial score (nSPS) is 10.9. The monoisotopic (exact) mass is 378 g/mol. The molecule has 0 aliphatic rings. The van der Waals surface area contributed by atoms with Gasteiger partial charge >= 0.3 is 0 Å². The fourth-order valence-electron chi connectivity index (χ4n) is 3.39. The van der Waals surface area contributed by atoms with Crippen molar-refractivity contribution >= 4 is 5.78 Å². The molecular formula is C24H18N4O. The SMILES string of the molecule is COc1ccccc1-c1cn2nc(-c3ccccc3)c(-c3ccccc3)nc2n1. The lowest BCUT2D eigenvalue weighted by Crippen LogP contribution is -2.00. The van der Waals surface area contributed by atoms with Gasteiger partial charge in [0, 0.05) is 16.7 Å². The Morgan fingerprint density at radius 3 is 2.00 bits per heavy atom. The molecule has 0 spiro atoms. The zero-order chi connectivity index (χ0) is 19.6. The molecule has 0 saturated heterocycles. The first-order valence-electron chi connectivity index (χ1n) is 9.35. The van der Waals surface area contributed by atoms with Crippen molar-refractivity contribution in [3.05, 3.63) is 91.1 Å². The van der Waals surface area contributed by atoms with E-state index in [1.807, 2.05) is 91.1 Å². The third kappa shape index (κ3) is 3.12. The predicted molar refractivity (Wildman–Crippen MR) is 114 cm³/mol. The van der Waals surface area contributed by atoms with Gasteiger partial charge in [0.15, 0.2) is 0 Å². The Labute approximate surface area is 168 Å². The van der Waals surface area contributed by atoms with Crippen molar-refractivity contribution in [3.8, 4) is 39.5 Å². The van der Waals surface area contributed by atoms with Crippen LogP contribution in [-0.2, 0) is 0 Å². The van der Waals surface area contributed by atoms with Gasteiger partial charge in [-0.15, -0.1) is 0 Å². The fraction of sp³-hybridized carbons (Fsp3) is 0.0417. The van der Waals surface area contributed by atoms with Crippen LogP contribution in [0.15, 0.2) is 91.1 Å². The molecule has 2 aromatic heterocycles. The second-order valence-electron chi connectivity index (χ2n) is 6.61. The molecule has 0 radical (unpaired) electrons. The molecule has 3 aromatic carbocycles. The van der Waals surface area contributed by atoms with Crippen molar-refractivity contribution in [3.63, 3.8) is 0 Å². The molecule has 5 nitrogen and oxygen atoms in total. The van der Waals surface area contributed by atoms with Crippen LogP contribution in [0.5, 0.6) is 5.75 Å². The summed E-state index contributed by atoms with van der Waals surface area (Å²) in [6.45, 7) is 0. The summed E-state index contributed by atoms with van der Waals surface area (Å²) in [6.07, 6.45) is 1.89. The molecule has 0 aliphatic heterocycles. The van der Waals surface area contributed by atoms with Gasteiger partial charge < -0.3 is 4.74 Å². The van der Waals surface area contributed by atoms with E-state index in [1.165, 1.54) is 0 Å². The molecule has 5 heteroatoms. The van der Waals surface area contributed by atoms with Crippen LogP contribution in [0, 0.1) is 0 Å². The van der Waals surface area contributed by atoms with Gasteiger partial charge in [0.05, 0.1) is 19.0 Å². The van der Waals surface area contributed by atoms with Crippen LogP contribution in [0.2, 0.25) is 0 Å². The van der Waals surface area contributed by atoms with E-state index in [-0.39, 0.29) is 0 Å². The van der Waals surface area contributed by atoms with Gasteiger partial charge in [-0.05, 0) is 12.1 Å². The van der Waals surface area contributed by atoms with Crippen LogP contribution in [0.25, 0.3) is 39.5 Å². The van der Waals surface area contributed by atoms with Crippen molar-refractivity contribution in [1.29, 1.82) is 0 Å². The maximum absolute atomic E-state index is 5.49. The largest absolute Gasteiger partial charge is 0.496 e. The first-order chi connectivity index (χ1) is 14.3. The van der Waals surface area contributed by atoms with Crippen molar-refractivity contribution in [1.82, 2.24) is 19.6 Å². The molecule has 2 heterocycles. The number of hydrogen-bond acceptors (Lipinski definition) is 4. The summed E-state index contributed by atoms with van der Waals surface area (Å²) in [5.41, 5.74) is 5.31. The van der Waals surface area contributed by atoms with Gasteiger partial charge in [-0.1, -0.05) is 72.8 Å². The van der Waals surface area contributed by atoms with Gasteiger partial charge in [-0.25, -0.2) is 14.5 Å². The second-order valence-corrected chi connectivity index (χ2v) is 6.61. The molecule has 0 amide bonds. The lowest BCUT2D eigenvalue weighted by atomic mass is 10.0. The Kier molecular flexibility index (Phi) is 4.26. The van der Waals surface area contributed by atoms with E-state index < -0.39 is 0 Å². The summed E-state index contributed by atoms with van der Waals surface area (Å²) in [7, 11) is 1.66. The number of nitrogens with zero attached hydrogens (tertiary/aromatic N) is 4. The predicted octanol–water partition coefficient (Wildman–Crippen LogP) is 5.13. The van der Waals surface area contributed by atoms with E-state index in [4.69, 9.17) is 19.8 Å². The van der Waals surface area contributed by atoms with Gasteiger partial charge in [0.25, 0.3) is 5.78 Å². The Balaban J connectivity index is 1.75. The van der Waals surface area contributed by atoms with Crippen molar-refractivity contribution < 1.29 is 4.74 Å². The highest BCUT2D eigenvalue weighted by Gasteiger charge is 2.16. The zero-order valence-electron chi connectivity index (χ0n) is 15.9. The summed E-state index contributed by atoms with van der Waals surface area (Å²) in [4.78, 5) is 9.59. The summed E-state index contributed by atoms with van der Waals surface area (Å²) >= 11 is 0. The molecule has 0 aliphatic carbocycles. The highest BCUT2D eigenvalue weighted by Crippen LogP contribution is 2.31. The molecule has 29 heavy (non-hydrogen) atoms. The second kappa shape index (κ2) is 7.20. The maximum atomic E-state index is 5.49. The average Bonchev–Trinajstić information content (AvgIpc) is 3.22. The molecule has 0 saturated carbocycles. The number of fused-ring (bicyclic) bond motifs is 1. The summed E-state index contributed by atoms with van der Waals surface area (Å²) in [6, 6.07) is 28.0. The number of aromatic nitrogens is 4. The maximum Gasteiger partial charge on any atom is 0.251 e. The Morgan fingerprint density at radius 1 is 0.690 bits per heavy atom. The minimum atomic E-state index is 0.546. The van der Waals surface area contributed by atoms with E-state index in [0.29, 0.717) is 5.78 Å². The number of rotatable bonds is 4. The number of benzene rings is 3. The lowest BCUT2D eigenvalue weighted by molar-refractivity contribution is 0.416. The van der Waals surface area contributed by atoms with Gasteiger partial charge in [-0.3, -0.25) is 0 Å². The molecule has 5 aromatic rings. The molecule has 0 fully saturated rings. The van der Waals surface area contributed by atoms with Crippen LogP contribution in [-0.4, -0.2) is 26.7 Å². The first-order valence-corrected chi connectivity index (χ1v) is 9.35. The van der Waals surface area contributed by atoms with Crippen molar-refractivity contribution in [2.75, 3.05) is 7.11 Å². The third-order valence-electron chi connectivity index (χ3n) is 4.79. The van der Waals surface area contributed by atoms with Crippen LogP contribution >= 0.6 is 0 Å². The number of imidazole rings is 1. The Morgan fingerprint density at radius 2 is 1.31 bits per heavy atom. The van der Waals surface area contributed by atoms with E-state index in [0.717, 1.165) is 39.5 Å². The number of hydrogen-bond donors (Lipinski definition) is 0. The topological polar surface area (TPSA) is 52.3 Å². The van der Waals surface area contributed by atoms with E-state index in [1.54, 1.807) is 11.6 Å². The van der Waals surface area contributed by atoms with Gasteiger partial charge in [0.1, 0.15) is 17.1 Å². The highest BCUT2D eigenvalue weighted by atomic mass is 16.5. The number of para-hydroxylation sites is 1. The summed E-state index contributed by atoms with van der Waals surface area (Å²) in [5, 5.41) is 4.87. The molecule has 0 unspecified atom stereocenters. The van der Waals surface area contributed by atoms with Crippen LogP contribution in [0.4, 0.5) is 0 Å². The minimum Gasteiger partial charge on any atom is -0.496 e. The van der Waals surface area contributed by atoms with E-state index in [2.05, 4.69) is 0 Å². The van der Waals surface area contributed by atoms with Crippen molar-refractivity contribution in [2.24, 2.45) is 0 Å². The summed E-state index contributed by atoms with van der Waals surface area (Å²) < 4.78 is 7.22. The lowest BCUT2D eigenvalue weighted by Gasteiger charge is -2.08. The molecule has 5 rings (SSSR count). The molecule has 0 N–H and O–H groups in total. The molecule has 0 atom stereocenters. The highest BCUT2D eigenvalue weighted by molar-refractivity contribution is 5.79. The fourth-order valence-corrected chi connectivity index (χ4v) is 3.39. The smallest absolute Gasteiger partial charge is 0.251 e. The standard InChI is InChI=1S/C24H18N4O/c1-29-21-15-9-8-14-19(21)20-16-28-24(25-20)26-22(17-10-4-2-5-11-17)23(27-28)18-12-6-3-7-13-18/h2-16H,1H3. The quantitative estimate of drug-likeness (QED) is 0.435. The third-order valence-corrected chi connectivity index (χ3v) is 4.79. The zero-order valence-corrected chi connectivity index (χ0v) is 15.9. The van der Waals surface area contributed by atoms with Crippen LogP contribution in [0.3, 0.4) is 0 Å². The summed E-state index contributed by atoms with van der Waals surface area (Å²) in [5.74, 6) is 1.31. The molecule has 140 valence electrons. The minimum absolute atomic E-state index is 0.546. The van der Waals surface area contributed by atoms with Crippen LogP contribution < -0.4 is 4.74 Å². The Bertz CT molecular complexity index is 1200. The number of methoxy groups -OCH3 is 1. The van der Waals surface area contributed by atoms with Gasteiger partial charge in [0.2, 0.25) is 0 Å². The number of ether oxygens (including phenoxy) is 1. The van der Waals surface area contributed by atoms with Crippen molar-refractivity contribution in [2.45, 2.75) is 0 Å². The van der Waals surface area contributed by atoms with Gasteiger partial charge in [-0.2, -0.15) is 5.10 Å².